The minimum Gasteiger partial charge on any atom is -0.394 e. The molecule has 0 saturated carbocycles. The largest absolute Gasteiger partial charge is 0.394 e. The molecule has 2 atom stereocenters. The molecule has 3 nitrogen and oxygen atoms in total. The molecule has 1 heterocycles. The van der Waals surface area contributed by atoms with Crippen molar-refractivity contribution in [1.29, 1.82) is 0 Å². The van der Waals surface area contributed by atoms with Gasteiger partial charge < -0.3 is 15.1 Å². The second-order valence-corrected chi connectivity index (χ2v) is 4.57. The third-order valence-corrected chi connectivity index (χ3v) is 3.42. The summed E-state index contributed by atoms with van der Waals surface area (Å²) in [6, 6.07) is 7.74. The van der Waals surface area contributed by atoms with Crippen LogP contribution in [0.2, 0.25) is 5.02 Å². The van der Waals surface area contributed by atoms with Crippen molar-refractivity contribution >= 4 is 17.3 Å². The van der Waals surface area contributed by atoms with Gasteiger partial charge in [0.1, 0.15) is 0 Å². The van der Waals surface area contributed by atoms with Crippen molar-refractivity contribution in [2.45, 2.75) is 24.9 Å². The summed E-state index contributed by atoms with van der Waals surface area (Å²) in [5.74, 6) is 0. The summed E-state index contributed by atoms with van der Waals surface area (Å²) in [4.78, 5) is 2.09. The normalized spacial score (nSPS) is 25.1. The van der Waals surface area contributed by atoms with E-state index in [4.69, 9.17) is 11.6 Å². The number of benzene rings is 1. The number of anilines is 1. The average Bonchev–Trinajstić information content (AvgIpc) is 2.73. The highest BCUT2D eigenvalue weighted by atomic mass is 35.5. The molecule has 0 unspecified atom stereocenters. The second kappa shape index (κ2) is 5.04. The number of halogens is 1. The summed E-state index contributed by atoms with van der Waals surface area (Å²) < 4.78 is 0. The predicted octanol–water partition coefficient (Wildman–Crippen LogP) is 1.66. The molecule has 88 valence electrons. The maximum Gasteiger partial charge on any atom is 0.0635 e. The number of nitrogens with zero attached hydrogens (tertiary/aromatic N) is 1. The van der Waals surface area contributed by atoms with Crippen LogP contribution in [0.1, 0.15) is 12.8 Å². The first-order valence-electron chi connectivity index (χ1n) is 5.52. The average molecular weight is 242 g/mol. The molecule has 16 heavy (non-hydrogen) atoms. The minimum absolute atomic E-state index is 0.110. The summed E-state index contributed by atoms with van der Waals surface area (Å²) in [5.41, 5.74) is 1.01. The fraction of sp³-hybridized carbons (Fsp3) is 0.500. The van der Waals surface area contributed by atoms with Crippen LogP contribution in [-0.4, -0.2) is 35.5 Å². The van der Waals surface area contributed by atoms with Gasteiger partial charge in [0.15, 0.2) is 0 Å². The van der Waals surface area contributed by atoms with Crippen LogP contribution in [0, 0.1) is 0 Å². The third kappa shape index (κ3) is 2.17. The predicted molar refractivity (Wildman–Crippen MR) is 64.9 cm³/mol. The van der Waals surface area contributed by atoms with Crippen LogP contribution in [-0.2, 0) is 0 Å². The third-order valence-electron chi connectivity index (χ3n) is 3.17. The summed E-state index contributed by atoms with van der Waals surface area (Å²) in [7, 11) is 0. The zero-order valence-corrected chi connectivity index (χ0v) is 9.77. The Labute approximate surface area is 100 Å². The van der Waals surface area contributed by atoms with E-state index in [1.807, 2.05) is 24.3 Å². The van der Waals surface area contributed by atoms with E-state index in [0.29, 0.717) is 5.02 Å². The molecule has 0 aliphatic carbocycles. The van der Waals surface area contributed by atoms with Crippen LogP contribution < -0.4 is 4.90 Å². The molecule has 1 aliphatic heterocycles. The molecule has 1 fully saturated rings. The van der Waals surface area contributed by atoms with Gasteiger partial charge in [0.2, 0.25) is 0 Å². The molecular formula is C12H16ClNO2. The van der Waals surface area contributed by atoms with E-state index in [1.54, 1.807) is 0 Å². The fourth-order valence-corrected chi connectivity index (χ4v) is 2.48. The van der Waals surface area contributed by atoms with Crippen LogP contribution in [0.4, 0.5) is 5.69 Å². The lowest BCUT2D eigenvalue weighted by atomic mass is 10.2. The van der Waals surface area contributed by atoms with E-state index in [-0.39, 0.29) is 25.3 Å². The van der Waals surface area contributed by atoms with Gasteiger partial charge in [-0.1, -0.05) is 11.6 Å². The fourth-order valence-electron chi connectivity index (χ4n) is 2.35. The molecule has 1 aromatic carbocycles. The highest BCUT2D eigenvalue weighted by molar-refractivity contribution is 6.30. The Kier molecular flexibility index (Phi) is 3.69. The second-order valence-electron chi connectivity index (χ2n) is 4.13. The summed E-state index contributed by atoms with van der Waals surface area (Å²) in [5, 5.41) is 19.3. The molecular weight excluding hydrogens is 226 g/mol. The lowest BCUT2D eigenvalue weighted by Crippen LogP contribution is -2.40. The molecule has 1 aromatic rings. The number of aliphatic hydroxyl groups excluding tert-OH is 2. The van der Waals surface area contributed by atoms with Crippen molar-refractivity contribution in [3.63, 3.8) is 0 Å². The van der Waals surface area contributed by atoms with Crippen LogP contribution in [0.25, 0.3) is 0 Å². The van der Waals surface area contributed by atoms with Gasteiger partial charge in [0, 0.05) is 10.7 Å². The molecule has 0 spiro atoms. The lowest BCUT2D eigenvalue weighted by Gasteiger charge is -2.30. The topological polar surface area (TPSA) is 43.7 Å². The van der Waals surface area contributed by atoms with Gasteiger partial charge in [-0.3, -0.25) is 0 Å². The molecule has 4 heteroatoms. The van der Waals surface area contributed by atoms with E-state index < -0.39 is 0 Å². The molecule has 1 saturated heterocycles. The zero-order valence-electron chi connectivity index (χ0n) is 9.01. The van der Waals surface area contributed by atoms with Crippen molar-refractivity contribution < 1.29 is 10.2 Å². The van der Waals surface area contributed by atoms with Crippen molar-refractivity contribution in [3.05, 3.63) is 29.3 Å². The monoisotopic (exact) mass is 241 g/mol. The Hall–Kier alpha value is -0.770. The van der Waals surface area contributed by atoms with Gasteiger partial charge in [0.25, 0.3) is 0 Å². The Morgan fingerprint density at radius 3 is 2.00 bits per heavy atom. The number of hydrogen-bond donors (Lipinski definition) is 2. The molecule has 0 bridgehead atoms. The van der Waals surface area contributed by atoms with Crippen molar-refractivity contribution in [2.75, 3.05) is 18.1 Å². The van der Waals surface area contributed by atoms with Crippen LogP contribution in [0.3, 0.4) is 0 Å². The molecule has 0 amide bonds. The number of aliphatic hydroxyl groups is 2. The summed E-state index contributed by atoms with van der Waals surface area (Å²) >= 11 is 5.84. The highest BCUT2D eigenvalue weighted by Crippen LogP contribution is 2.30. The smallest absolute Gasteiger partial charge is 0.0635 e. The van der Waals surface area contributed by atoms with Gasteiger partial charge in [-0.05, 0) is 37.1 Å². The summed E-state index contributed by atoms with van der Waals surface area (Å²) in [6.07, 6.45) is 1.84. The Bertz CT molecular complexity index is 329. The Morgan fingerprint density at radius 1 is 1.06 bits per heavy atom. The Balaban J connectivity index is 2.24. The van der Waals surface area contributed by atoms with Crippen molar-refractivity contribution in [3.8, 4) is 0 Å². The first kappa shape index (κ1) is 11.7. The van der Waals surface area contributed by atoms with Gasteiger partial charge in [-0.2, -0.15) is 0 Å². The summed E-state index contributed by atoms with van der Waals surface area (Å²) in [6.45, 7) is 0.248. The quantitative estimate of drug-likeness (QED) is 0.846. The van der Waals surface area contributed by atoms with Gasteiger partial charge in [-0.15, -0.1) is 0 Å². The standard InChI is InChI=1S/C12H16ClNO2/c13-9-1-3-10(4-2-9)14-11(7-15)5-6-12(14)8-16/h1-4,11-12,15-16H,5-8H2/t11-,12-/m0/s1. The first-order valence-corrected chi connectivity index (χ1v) is 5.89. The Morgan fingerprint density at radius 2 is 1.56 bits per heavy atom. The molecule has 1 aliphatic rings. The zero-order chi connectivity index (χ0) is 11.5. The van der Waals surface area contributed by atoms with E-state index >= 15 is 0 Å². The molecule has 2 rings (SSSR count). The molecule has 2 N–H and O–H groups in total. The molecule has 0 aromatic heterocycles. The number of rotatable bonds is 3. The van der Waals surface area contributed by atoms with Gasteiger partial charge in [0.05, 0.1) is 25.3 Å². The van der Waals surface area contributed by atoms with Crippen molar-refractivity contribution in [2.24, 2.45) is 0 Å². The SMILES string of the molecule is OC[C@@H]1CC[C@@H](CO)N1c1ccc(Cl)cc1. The lowest BCUT2D eigenvalue weighted by molar-refractivity contribution is 0.248. The van der Waals surface area contributed by atoms with Crippen molar-refractivity contribution in [1.82, 2.24) is 0 Å². The first-order chi connectivity index (χ1) is 7.76. The van der Waals surface area contributed by atoms with E-state index in [9.17, 15) is 10.2 Å². The maximum absolute atomic E-state index is 9.32. The maximum atomic E-state index is 9.32. The highest BCUT2D eigenvalue weighted by Gasteiger charge is 2.32. The van der Waals surface area contributed by atoms with Crippen LogP contribution in [0.5, 0.6) is 0 Å². The minimum atomic E-state index is 0.110. The van der Waals surface area contributed by atoms with E-state index in [1.165, 1.54) is 0 Å². The number of hydrogen-bond acceptors (Lipinski definition) is 3. The van der Waals surface area contributed by atoms with Crippen LogP contribution >= 0.6 is 11.6 Å². The van der Waals surface area contributed by atoms with Gasteiger partial charge in [-0.25, -0.2) is 0 Å². The van der Waals surface area contributed by atoms with E-state index in [2.05, 4.69) is 4.90 Å². The molecule has 0 radical (unpaired) electrons. The van der Waals surface area contributed by atoms with Crippen LogP contribution in [0.15, 0.2) is 24.3 Å². The van der Waals surface area contributed by atoms with E-state index in [0.717, 1.165) is 18.5 Å². The van der Waals surface area contributed by atoms with Gasteiger partial charge >= 0.3 is 0 Å².